The third kappa shape index (κ3) is 2.27. The van der Waals surface area contributed by atoms with Gasteiger partial charge in [0, 0.05) is 36.6 Å². The van der Waals surface area contributed by atoms with Crippen LogP contribution in [0, 0.1) is 5.92 Å². The van der Waals surface area contributed by atoms with E-state index in [1.165, 1.54) is 10.9 Å². The molecule has 0 radical (unpaired) electrons. The van der Waals surface area contributed by atoms with E-state index >= 15 is 0 Å². The van der Waals surface area contributed by atoms with Crippen LogP contribution in [0.25, 0.3) is 10.9 Å². The van der Waals surface area contributed by atoms with E-state index in [0.717, 1.165) is 11.9 Å². The number of rotatable bonds is 4. The van der Waals surface area contributed by atoms with E-state index in [9.17, 15) is 9.59 Å². The molecule has 5 heteroatoms. The highest BCUT2D eigenvalue weighted by molar-refractivity contribution is 5.88. The predicted molar refractivity (Wildman–Crippen MR) is 75.9 cm³/mol. The molecule has 1 aromatic heterocycles. The fourth-order valence-corrected chi connectivity index (χ4v) is 2.80. The number of carbonyl (C=O) groups excluding carboxylic acids is 2. The number of aromatic nitrogens is 1. The molecule has 1 fully saturated rings. The Balaban J connectivity index is 1.69. The van der Waals surface area contributed by atoms with Gasteiger partial charge in [0.1, 0.15) is 0 Å². The first-order valence-electron chi connectivity index (χ1n) is 6.77. The van der Waals surface area contributed by atoms with Crippen molar-refractivity contribution in [2.45, 2.75) is 12.8 Å². The molecule has 0 bridgehead atoms. The number of benzene rings is 1. The molecule has 5 nitrogen and oxygen atoms in total. The number of likely N-dealkylation sites (tertiary alicyclic amines) is 1. The van der Waals surface area contributed by atoms with Gasteiger partial charge in [0.15, 0.2) is 0 Å². The van der Waals surface area contributed by atoms with Crippen molar-refractivity contribution in [1.29, 1.82) is 0 Å². The summed E-state index contributed by atoms with van der Waals surface area (Å²) in [7, 11) is 0. The predicted octanol–water partition coefficient (Wildman–Crippen LogP) is 1.04. The summed E-state index contributed by atoms with van der Waals surface area (Å²) in [6, 6.07) is 8.15. The number of primary amides is 1. The summed E-state index contributed by atoms with van der Waals surface area (Å²) in [6.45, 7) is 1.09. The van der Waals surface area contributed by atoms with Crippen molar-refractivity contribution in [2.24, 2.45) is 11.7 Å². The zero-order chi connectivity index (χ0) is 14.1. The summed E-state index contributed by atoms with van der Waals surface area (Å²) in [4.78, 5) is 27.9. The van der Waals surface area contributed by atoms with Gasteiger partial charge >= 0.3 is 0 Å². The van der Waals surface area contributed by atoms with Gasteiger partial charge in [-0.3, -0.25) is 9.59 Å². The molecule has 104 valence electrons. The minimum atomic E-state index is -0.381. The lowest BCUT2D eigenvalue weighted by molar-refractivity contribution is -0.128. The Morgan fingerprint density at radius 2 is 2.25 bits per heavy atom. The Morgan fingerprint density at radius 1 is 1.40 bits per heavy atom. The molecule has 2 aromatic rings. The molecule has 0 aliphatic carbocycles. The zero-order valence-corrected chi connectivity index (χ0v) is 11.1. The zero-order valence-electron chi connectivity index (χ0n) is 11.1. The average molecular weight is 271 g/mol. The highest BCUT2D eigenvalue weighted by Crippen LogP contribution is 2.21. The van der Waals surface area contributed by atoms with Gasteiger partial charge in [0.05, 0.1) is 5.92 Å². The molecule has 2 amide bonds. The molecule has 1 unspecified atom stereocenters. The minimum Gasteiger partial charge on any atom is -0.369 e. The molecule has 0 saturated carbocycles. The molecule has 0 spiro atoms. The Morgan fingerprint density at radius 3 is 3.00 bits per heavy atom. The fraction of sp³-hybridized carbons (Fsp3) is 0.333. The maximum Gasteiger partial charge on any atom is 0.223 e. The lowest BCUT2D eigenvalue weighted by atomic mass is 10.1. The number of amides is 2. The second-order valence-corrected chi connectivity index (χ2v) is 5.25. The van der Waals surface area contributed by atoms with Crippen LogP contribution in [0.5, 0.6) is 0 Å². The standard InChI is InChI=1S/C15H17N3O2/c16-15(20)11-8-14(19)18(9-11)7-5-10-2-1-3-13-12(10)4-6-17-13/h1-4,6,11,17H,5,7-9H2,(H2,16,20). The summed E-state index contributed by atoms with van der Waals surface area (Å²) in [6.07, 6.45) is 2.95. The number of H-pyrrole nitrogens is 1. The first-order chi connectivity index (χ1) is 9.65. The molecule has 2 heterocycles. The topological polar surface area (TPSA) is 79.2 Å². The number of aromatic amines is 1. The highest BCUT2D eigenvalue weighted by Gasteiger charge is 2.32. The van der Waals surface area contributed by atoms with Crippen LogP contribution in [0.1, 0.15) is 12.0 Å². The fourth-order valence-electron chi connectivity index (χ4n) is 2.80. The molecular formula is C15H17N3O2. The maximum absolute atomic E-state index is 11.8. The normalized spacial score (nSPS) is 18.9. The molecule has 3 rings (SSSR count). The van der Waals surface area contributed by atoms with Gasteiger partial charge in [-0.15, -0.1) is 0 Å². The molecule has 1 aliphatic rings. The number of hydrogen-bond donors (Lipinski definition) is 2. The number of nitrogens with zero attached hydrogens (tertiary/aromatic N) is 1. The van der Waals surface area contributed by atoms with Crippen molar-refractivity contribution in [1.82, 2.24) is 9.88 Å². The molecule has 1 aromatic carbocycles. The Labute approximate surface area is 116 Å². The Hall–Kier alpha value is -2.30. The first kappa shape index (κ1) is 12.7. The van der Waals surface area contributed by atoms with Crippen molar-refractivity contribution in [2.75, 3.05) is 13.1 Å². The van der Waals surface area contributed by atoms with Crippen molar-refractivity contribution in [3.05, 3.63) is 36.0 Å². The molecule has 1 saturated heterocycles. The van der Waals surface area contributed by atoms with Crippen molar-refractivity contribution in [3.63, 3.8) is 0 Å². The average Bonchev–Trinajstić information content (AvgIpc) is 3.03. The summed E-state index contributed by atoms with van der Waals surface area (Å²) in [5, 5.41) is 1.19. The van der Waals surface area contributed by atoms with Gasteiger partial charge in [-0.1, -0.05) is 12.1 Å². The van der Waals surface area contributed by atoms with Gasteiger partial charge in [-0.2, -0.15) is 0 Å². The van der Waals surface area contributed by atoms with Crippen LogP contribution in [0.2, 0.25) is 0 Å². The minimum absolute atomic E-state index is 0.0232. The van der Waals surface area contributed by atoms with E-state index in [-0.39, 0.29) is 24.2 Å². The highest BCUT2D eigenvalue weighted by atomic mass is 16.2. The lowest BCUT2D eigenvalue weighted by Crippen LogP contribution is -2.30. The van der Waals surface area contributed by atoms with Gasteiger partial charge < -0.3 is 15.6 Å². The van der Waals surface area contributed by atoms with Crippen LogP contribution < -0.4 is 5.73 Å². The third-order valence-electron chi connectivity index (χ3n) is 3.95. The number of fused-ring (bicyclic) bond motifs is 1. The summed E-state index contributed by atoms with van der Waals surface area (Å²) in [5.74, 6) is -0.686. The van der Waals surface area contributed by atoms with Crippen LogP contribution in [-0.4, -0.2) is 34.8 Å². The van der Waals surface area contributed by atoms with Gasteiger partial charge in [-0.05, 0) is 24.1 Å². The van der Waals surface area contributed by atoms with Crippen LogP contribution in [0.4, 0.5) is 0 Å². The Kier molecular flexibility index (Phi) is 3.18. The quantitative estimate of drug-likeness (QED) is 0.871. The van der Waals surface area contributed by atoms with E-state index in [0.29, 0.717) is 13.1 Å². The van der Waals surface area contributed by atoms with Gasteiger partial charge in [0.2, 0.25) is 11.8 Å². The second-order valence-electron chi connectivity index (χ2n) is 5.25. The lowest BCUT2D eigenvalue weighted by Gasteiger charge is -2.16. The number of nitrogens with two attached hydrogens (primary N) is 1. The summed E-state index contributed by atoms with van der Waals surface area (Å²) < 4.78 is 0. The van der Waals surface area contributed by atoms with Crippen molar-refractivity contribution in [3.8, 4) is 0 Å². The number of hydrogen-bond acceptors (Lipinski definition) is 2. The third-order valence-corrected chi connectivity index (χ3v) is 3.95. The smallest absolute Gasteiger partial charge is 0.223 e. The molecular weight excluding hydrogens is 254 g/mol. The molecule has 1 aliphatic heterocycles. The van der Waals surface area contributed by atoms with Crippen LogP contribution in [-0.2, 0) is 16.0 Å². The van der Waals surface area contributed by atoms with Crippen LogP contribution in [0.15, 0.2) is 30.5 Å². The van der Waals surface area contributed by atoms with Crippen LogP contribution in [0.3, 0.4) is 0 Å². The second kappa shape index (κ2) is 5.00. The van der Waals surface area contributed by atoms with Gasteiger partial charge in [0.25, 0.3) is 0 Å². The van der Waals surface area contributed by atoms with E-state index in [1.54, 1.807) is 4.90 Å². The number of nitrogens with one attached hydrogen (secondary N) is 1. The maximum atomic E-state index is 11.8. The van der Waals surface area contributed by atoms with Gasteiger partial charge in [-0.25, -0.2) is 0 Å². The molecule has 3 N–H and O–H groups in total. The van der Waals surface area contributed by atoms with E-state index in [4.69, 9.17) is 5.73 Å². The van der Waals surface area contributed by atoms with E-state index < -0.39 is 0 Å². The monoisotopic (exact) mass is 271 g/mol. The number of carbonyl (C=O) groups is 2. The largest absolute Gasteiger partial charge is 0.369 e. The Bertz CT molecular complexity index is 662. The molecule has 1 atom stereocenters. The van der Waals surface area contributed by atoms with Crippen LogP contribution >= 0.6 is 0 Å². The van der Waals surface area contributed by atoms with E-state index in [2.05, 4.69) is 11.1 Å². The van der Waals surface area contributed by atoms with Crippen molar-refractivity contribution >= 4 is 22.7 Å². The van der Waals surface area contributed by atoms with E-state index in [1.807, 2.05) is 24.4 Å². The first-order valence-corrected chi connectivity index (χ1v) is 6.77. The SMILES string of the molecule is NC(=O)C1CC(=O)N(CCc2cccc3[nH]ccc23)C1. The van der Waals surface area contributed by atoms with Crippen molar-refractivity contribution < 1.29 is 9.59 Å². The molecule has 20 heavy (non-hydrogen) atoms. The summed E-state index contributed by atoms with van der Waals surface area (Å²) in [5.41, 5.74) is 7.58. The summed E-state index contributed by atoms with van der Waals surface area (Å²) >= 11 is 0.